The third-order valence-electron chi connectivity index (χ3n) is 2.75. The van der Waals surface area contributed by atoms with Crippen LogP contribution < -0.4 is 5.32 Å². The number of non-ortho nitro benzene ring substituents is 1. The molecular weight excluding hydrogens is 300 g/mol. The Morgan fingerprint density at radius 3 is 2.72 bits per heavy atom. The summed E-state index contributed by atoms with van der Waals surface area (Å²) in [4.78, 5) is 10.3. The Morgan fingerprint density at radius 1 is 1.50 bits per heavy atom. The van der Waals surface area contributed by atoms with Crippen LogP contribution in [0.25, 0.3) is 0 Å². The zero-order valence-corrected chi connectivity index (χ0v) is 12.0. The van der Waals surface area contributed by atoms with Gasteiger partial charge in [0.1, 0.15) is 0 Å². The molecule has 1 aromatic carbocycles. The topological polar surface area (TPSA) is 75.4 Å². The van der Waals surface area contributed by atoms with E-state index >= 15 is 0 Å². The molecule has 1 rings (SSSR count). The van der Waals surface area contributed by atoms with Crippen molar-refractivity contribution in [3.8, 4) is 0 Å². The lowest BCUT2D eigenvalue weighted by molar-refractivity contribution is -0.385. The lowest BCUT2D eigenvalue weighted by atomic mass is 10.0. The van der Waals surface area contributed by atoms with Crippen LogP contribution >= 0.6 is 15.9 Å². The second-order valence-corrected chi connectivity index (χ2v) is 5.44. The summed E-state index contributed by atoms with van der Waals surface area (Å²) in [7, 11) is 0. The molecule has 5 nitrogen and oxygen atoms in total. The molecule has 0 saturated carbocycles. The van der Waals surface area contributed by atoms with Gasteiger partial charge >= 0.3 is 0 Å². The molecule has 0 aromatic heterocycles. The molecule has 0 saturated heterocycles. The number of benzene rings is 1. The molecule has 6 heteroatoms. The fourth-order valence-electron chi connectivity index (χ4n) is 1.44. The van der Waals surface area contributed by atoms with E-state index in [1.165, 1.54) is 12.1 Å². The van der Waals surface area contributed by atoms with E-state index in [-0.39, 0.29) is 5.69 Å². The van der Waals surface area contributed by atoms with Gasteiger partial charge in [0.2, 0.25) is 0 Å². The van der Waals surface area contributed by atoms with Crippen LogP contribution in [0.3, 0.4) is 0 Å². The predicted octanol–water partition coefficient (Wildman–Crippen LogP) is 2.61. The summed E-state index contributed by atoms with van der Waals surface area (Å²) in [6.07, 6.45) is 0.651. The van der Waals surface area contributed by atoms with Gasteiger partial charge in [-0.05, 0) is 25.0 Å². The van der Waals surface area contributed by atoms with E-state index in [9.17, 15) is 15.2 Å². The molecule has 0 aliphatic carbocycles. The Balaban J connectivity index is 2.65. The lowest BCUT2D eigenvalue weighted by Crippen LogP contribution is -2.36. The molecule has 1 atom stereocenters. The molecule has 0 heterocycles. The molecule has 1 aromatic rings. The van der Waals surface area contributed by atoms with Crippen molar-refractivity contribution in [2.75, 3.05) is 6.54 Å². The highest BCUT2D eigenvalue weighted by molar-refractivity contribution is 9.10. The first-order valence-corrected chi connectivity index (χ1v) is 6.50. The van der Waals surface area contributed by atoms with Crippen molar-refractivity contribution < 1.29 is 10.0 Å². The number of nitro benzene ring substituents is 1. The first-order chi connectivity index (χ1) is 8.34. The van der Waals surface area contributed by atoms with E-state index in [1.54, 1.807) is 6.92 Å². The van der Waals surface area contributed by atoms with Gasteiger partial charge in [0.15, 0.2) is 0 Å². The highest BCUT2D eigenvalue weighted by atomic mass is 79.9. The van der Waals surface area contributed by atoms with Gasteiger partial charge in [-0.3, -0.25) is 10.1 Å². The third kappa shape index (κ3) is 4.72. The zero-order chi connectivity index (χ0) is 13.8. The fraction of sp³-hybridized carbons (Fsp3) is 0.500. The second-order valence-electron chi connectivity index (χ2n) is 4.53. The number of aliphatic hydroxyl groups is 1. The average Bonchev–Trinajstić information content (AvgIpc) is 2.28. The molecule has 0 aliphatic rings. The predicted molar refractivity (Wildman–Crippen MR) is 73.4 cm³/mol. The first-order valence-electron chi connectivity index (χ1n) is 5.71. The van der Waals surface area contributed by atoms with Gasteiger partial charge < -0.3 is 10.4 Å². The Labute approximate surface area is 114 Å². The minimum atomic E-state index is -0.752. The summed E-state index contributed by atoms with van der Waals surface area (Å²) >= 11 is 3.24. The average molecular weight is 317 g/mol. The van der Waals surface area contributed by atoms with Crippen LogP contribution in [0.15, 0.2) is 22.7 Å². The van der Waals surface area contributed by atoms with Gasteiger partial charge in [-0.2, -0.15) is 0 Å². The summed E-state index contributed by atoms with van der Waals surface area (Å²) in [5.74, 6) is 0. The molecule has 1 unspecified atom stereocenters. The maximum atomic E-state index is 10.7. The van der Waals surface area contributed by atoms with E-state index in [2.05, 4.69) is 21.2 Å². The van der Waals surface area contributed by atoms with Crippen molar-refractivity contribution in [3.05, 3.63) is 38.3 Å². The summed E-state index contributed by atoms with van der Waals surface area (Å²) < 4.78 is 0.677. The Kier molecular flexibility index (Phi) is 5.25. The molecule has 100 valence electrons. The molecule has 0 fully saturated rings. The maximum Gasteiger partial charge on any atom is 0.270 e. The van der Waals surface area contributed by atoms with Crippen LogP contribution in [0.2, 0.25) is 0 Å². The monoisotopic (exact) mass is 316 g/mol. The third-order valence-corrected chi connectivity index (χ3v) is 3.21. The summed E-state index contributed by atoms with van der Waals surface area (Å²) in [6, 6.07) is 4.81. The normalized spacial score (nSPS) is 14.2. The Bertz CT molecular complexity index is 435. The molecule has 2 N–H and O–H groups in total. The van der Waals surface area contributed by atoms with E-state index < -0.39 is 10.5 Å². The number of nitro groups is 1. The van der Waals surface area contributed by atoms with Crippen molar-refractivity contribution in [2.24, 2.45) is 0 Å². The quantitative estimate of drug-likeness (QED) is 0.625. The van der Waals surface area contributed by atoms with Crippen molar-refractivity contribution in [3.63, 3.8) is 0 Å². The van der Waals surface area contributed by atoms with Crippen molar-refractivity contribution in [1.29, 1.82) is 0 Å². The first kappa shape index (κ1) is 15.1. The van der Waals surface area contributed by atoms with Crippen molar-refractivity contribution in [2.45, 2.75) is 32.4 Å². The van der Waals surface area contributed by atoms with Gasteiger partial charge in [-0.25, -0.2) is 0 Å². The van der Waals surface area contributed by atoms with Gasteiger partial charge in [0.25, 0.3) is 5.69 Å². The highest BCUT2D eigenvalue weighted by Gasteiger charge is 2.16. The number of hydrogen-bond acceptors (Lipinski definition) is 4. The molecule has 18 heavy (non-hydrogen) atoms. The van der Waals surface area contributed by atoms with Gasteiger partial charge in [-0.15, -0.1) is 0 Å². The minimum Gasteiger partial charge on any atom is -0.389 e. The molecule has 0 spiro atoms. The van der Waals surface area contributed by atoms with E-state index in [4.69, 9.17) is 0 Å². The molecule has 0 aliphatic heterocycles. The van der Waals surface area contributed by atoms with Crippen LogP contribution in [0.4, 0.5) is 5.69 Å². The van der Waals surface area contributed by atoms with Crippen LogP contribution in [0, 0.1) is 10.1 Å². The van der Waals surface area contributed by atoms with Gasteiger partial charge in [0.05, 0.1) is 10.5 Å². The fourth-order valence-corrected chi connectivity index (χ4v) is 1.97. The molecular formula is C12H17BrN2O3. The smallest absolute Gasteiger partial charge is 0.270 e. The zero-order valence-electron chi connectivity index (χ0n) is 10.4. The van der Waals surface area contributed by atoms with Gasteiger partial charge in [-0.1, -0.05) is 22.9 Å². The summed E-state index contributed by atoms with van der Waals surface area (Å²) in [6.45, 7) is 4.59. The van der Waals surface area contributed by atoms with Crippen molar-refractivity contribution in [1.82, 2.24) is 5.32 Å². The Hall–Kier alpha value is -0.980. The van der Waals surface area contributed by atoms with E-state index in [0.717, 1.165) is 5.56 Å². The SMILES string of the molecule is CCC(C)(O)CNCc1cc(Br)cc([N+](=O)[O-])c1. The summed E-state index contributed by atoms with van der Waals surface area (Å²) in [5.41, 5.74) is 0.115. The number of nitrogens with zero attached hydrogens (tertiary/aromatic N) is 1. The summed E-state index contributed by atoms with van der Waals surface area (Å²) in [5, 5.41) is 23.6. The molecule has 0 radical (unpaired) electrons. The number of rotatable bonds is 6. The van der Waals surface area contributed by atoms with Crippen molar-refractivity contribution >= 4 is 21.6 Å². The second kappa shape index (κ2) is 6.26. The molecule has 0 bridgehead atoms. The number of nitrogens with one attached hydrogen (secondary N) is 1. The van der Waals surface area contributed by atoms with Crippen LogP contribution in [0.5, 0.6) is 0 Å². The van der Waals surface area contributed by atoms with E-state index in [0.29, 0.717) is 24.0 Å². The highest BCUT2D eigenvalue weighted by Crippen LogP contribution is 2.21. The Morgan fingerprint density at radius 2 is 2.17 bits per heavy atom. The number of halogens is 1. The molecule has 0 amide bonds. The number of hydrogen-bond donors (Lipinski definition) is 2. The van der Waals surface area contributed by atoms with Gasteiger partial charge in [0, 0.05) is 29.7 Å². The standard InChI is InChI=1S/C12H17BrN2O3/c1-3-12(2,16)8-14-7-9-4-10(13)6-11(5-9)15(17)18/h4-6,14,16H,3,7-8H2,1-2H3. The van der Waals surface area contributed by atoms with Crippen LogP contribution in [-0.2, 0) is 6.54 Å². The van der Waals surface area contributed by atoms with Crippen LogP contribution in [-0.4, -0.2) is 22.2 Å². The lowest BCUT2D eigenvalue weighted by Gasteiger charge is -2.21. The van der Waals surface area contributed by atoms with E-state index in [1.807, 2.05) is 13.0 Å². The maximum absolute atomic E-state index is 10.7. The minimum absolute atomic E-state index is 0.0587. The van der Waals surface area contributed by atoms with Crippen LogP contribution in [0.1, 0.15) is 25.8 Å². The largest absolute Gasteiger partial charge is 0.389 e.